The molecule has 2 saturated heterocycles. The van der Waals surface area contributed by atoms with Crippen LogP contribution in [0, 0.1) is 11.8 Å². The van der Waals surface area contributed by atoms with Gasteiger partial charge < -0.3 is 9.80 Å². The monoisotopic (exact) mass is 368 g/mol. The molecule has 0 spiro atoms. The molecule has 2 aromatic heterocycles. The molecule has 2 aliphatic rings. The first-order valence-electron chi connectivity index (χ1n) is 8.05. The maximum absolute atomic E-state index is 12.6. The highest BCUT2D eigenvalue weighted by molar-refractivity contribution is 6.30. The van der Waals surface area contributed by atoms with E-state index in [0.717, 1.165) is 44.3 Å². The second-order valence-corrected chi connectivity index (χ2v) is 7.00. The van der Waals surface area contributed by atoms with Crippen LogP contribution in [0.25, 0.3) is 0 Å². The molecule has 0 radical (unpaired) electrons. The molecule has 2 aliphatic heterocycles. The minimum Gasteiger partial charge on any atom is -0.356 e. The fourth-order valence-corrected chi connectivity index (χ4v) is 3.77. The van der Waals surface area contributed by atoms with Crippen molar-refractivity contribution < 1.29 is 13.2 Å². The van der Waals surface area contributed by atoms with E-state index in [1.165, 1.54) is 6.07 Å². The Labute approximate surface area is 148 Å². The molecule has 4 heterocycles. The van der Waals surface area contributed by atoms with Crippen LogP contribution in [-0.2, 0) is 6.18 Å². The molecule has 132 valence electrons. The number of hydrogen-bond acceptors (Lipinski definition) is 4. The van der Waals surface area contributed by atoms with E-state index in [4.69, 9.17) is 11.6 Å². The van der Waals surface area contributed by atoms with Crippen LogP contribution in [-0.4, -0.2) is 36.1 Å². The van der Waals surface area contributed by atoms with Crippen molar-refractivity contribution in [3.63, 3.8) is 0 Å². The summed E-state index contributed by atoms with van der Waals surface area (Å²) >= 11 is 5.88. The van der Waals surface area contributed by atoms with Crippen LogP contribution in [0.15, 0.2) is 36.7 Å². The quantitative estimate of drug-likeness (QED) is 0.808. The first kappa shape index (κ1) is 16.4. The van der Waals surface area contributed by atoms with Crippen molar-refractivity contribution in [2.45, 2.75) is 6.18 Å². The normalized spacial score (nSPS) is 23.2. The molecule has 0 bridgehead atoms. The molecular weight excluding hydrogens is 353 g/mol. The largest absolute Gasteiger partial charge is 0.417 e. The summed E-state index contributed by atoms with van der Waals surface area (Å²) in [7, 11) is 0. The minimum absolute atomic E-state index is 0.460. The SMILES string of the molecule is FC(F)(F)c1ccc(N2CC3CN(c4ccc(Cl)cn4)CC3C2)nc1. The minimum atomic E-state index is -4.35. The van der Waals surface area contributed by atoms with Crippen molar-refractivity contribution in [1.29, 1.82) is 0 Å². The number of halogens is 4. The topological polar surface area (TPSA) is 32.3 Å². The van der Waals surface area contributed by atoms with Gasteiger partial charge in [0.15, 0.2) is 0 Å². The Morgan fingerprint density at radius 3 is 1.76 bits per heavy atom. The Hall–Kier alpha value is -2.02. The maximum atomic E-state index is 12.6. The van der Waals surface area contributed by atoms with Gasteiger partial charge in [-0.15, -0.1) is 0 Å². The molecule has 0 aromatic carbocycles. The van der Waals surface area contributed by atoms with Gasteiger partial charge in [0.2, 0.25) is 0 Å². The molecule has 0 aliphatic carbocycles. The van der Waals surface area contributed by atoms with Gasteiger partial charge in [-0.05, 0) is 24.3 Å². The molecule has 0 saturated carbocycles. The van der Waals surface area contributed by atoms with Crippen LogP contribution in [0.3, 0.4) is 0 Å². The lowest BCUT2D eigenvalue weighted by Crippen LogP contribution is -2.29. The summed E-state index contributed by atoms with van der Waals surface area (Å²) in [5.74, 6) is 2.44. The second kappa shape index (κ2) is 6.05. The Kier molecular flexibility index (Phi) is 3.98. The summed E-state index contributed by atoms with van der Waals surface area (Å²) in [5, 5.41) is 0.614. The van der Waals surface area contributed by atoms with Crippen LogP contribution < -0.4 is 9.80 Å². The number of hydrogen-bond donors (Lipinski definition) is 0. The van der Waals surface area contributed by atoms with Gasteiger partial charge >= 0.3 is 6.18 Å². The molecule has 8 heteroatoms. The smallest absolute Gasteiger partial charge is 0.356 e. The van der Waals surface area contributed by atoms with Gasteiger partial charge in [-0.2, -0.15) is 13.2 Å². The zero-order valence-electron chi connectivity index (χ0n) is 13.2. The predicted octanol–water partition coefficient (Wildman–Crippen LogP) is 3.72. The van der Waals surface area contributed by atoms with E-state index in [1.807, 2.05) is 12.1 Å². The fraction of sp³-hybridized carbons (Fsp3) is 0.412. The molecule has 4 nitrogen and oxygen atoms in total. The molecule has 0 N–H and O–H groups in total. The predicted molar refractivity (Wildman–Crippen MR) is 89.9 cm³/mol. The van der Waals surface area contributed by atoms with Crippen LogP contribution >= 0.6 is 11.6 Å². The molecule has 2 fully saturated rings. The van der Waals surface area contributed by atoms with Crippen molar-refractivity contribution in [2.75, 3.05) is 36.0 Å². The number of pyridine rings is 2. The van der Waals surface area contributed by atoms with Crippen molar-refractivity contribution in [3.05, 3.63) is 47.2 Å². The van der Waals surface area contributed by atoms with Crippen LogP contribution in [0.4, 0.5) is 24.8 Å². The zero-order valence-corrected chi connectivity index (χ0v) is 14.0. The van der Waals surface area contributed by atoms with Crippen LogP contribution in [0.2, 0.25) is 5.02 Å². The molecule has 25 heavy (non-hydrogen) atoms. The van der Waals surface area contributed by atoms with Gasteiger partial charge in [0.1, 0.15) is 11.6 Å². The van der Waals surface area contributed by atoms with E-state index < -0.39 is 11.7 Å². The van der Waals surface area contributed by atoms with Crippen molar-refractivity contribution in [1.82, 2.24) is 9.97 Å². The van der Waals surface area contributed by atoms with E-state index >= 15 is 0 Å². The van der Waals surface area contributed by atoms with E-state index in [9.17, 15) is 13.2 Å². The number of fused-ring (bicyclic) bond motifs is 1. The van der Waals surface area contributed by atoms with Gasteiger partial charge in [0, 0.05) is 50.4 Å². The summed E-state index contributed by atoms with van der Waals surface area (Å²) < 4.78 is 37.9. The third kappa shape index (κ3) is 3.25. The lowest BCUT2D eigenvalue weighted by atomic mass is 10.0. The maximum Gasteiger partial charge on any atom is 0.417 e. The van der Waals surface area contributed by atoms with E-state index in [0.29, 0.717) is 22.7 Å². The molecule has 2 aromatic rings. The molecular formula is C17H16ClF3N4. The number of rotatable bonds is 2. The Bertz CT molecular complexity index is 734. The highest BCUT2D eigenvalue weighted by Gasteiger charge is 2.41. The van der Waals surface area contributed by atoms with Crippen LogP contribution in [0.5, 0.6) is 0 Å². The van der Waals surface area contributed by atoms with E-state index in [1.54, 1.807) is 6.20 Å². The number of alkyl halides is 3. The summed E-state index contributed by atoms with van der Waals surface area (Å²) in [5.41, 5.74) is -0.712. The first-order valence-corrected chi connectivity index (χ1v) is 8.42. The highest BCUT2D eigenvalue weighted by Crippen LogP contribution is 2.36. The molecule has 2 atom stereocenters. The lowest BCUT2D eigenvalue weighted by Gasteiger charge is -2.23. The van der Waals surface area contributed by atoms with Gasteiger partial charge in [-0.25, -0.2) is 9.97 Å². The zero-order chi connectivity index (χ0) is 17.6. The van der Waals surface area contributed by atoms with Crippen molar-refractivity contribution in [2.24, 2.45) is 11.8 Å². The van der Waals surface area contributed by atoms with Gasteiger partial charge in [-0.1, -0.05) is 11.6 Å². The van der Waals surface area contributed by atoms with Gasteiger partial charge in [-0.3, -0.25) is 0 Å². The fourth-order valence-electron chi connectivity index (χ4n) is 3.66. The van der Waals surface area contributed by atoms with Gasteiger partial charge in [0.05, 0.1) is 10.6 Å². The highest BCUT2D eigenvalue weighted by atomic mass is 35.5. The average Bonchev–Trinajstić information content (AvgIpc) is 3.14. The number of aromatic nitrogens is 2. The van der Waals surface area contributed by atoms with E-state index in [-0.39, 0.29) is 0 Å². The summed E-state index contributed by atoms with van der Waals surface area (Å²) in [6.45, 7) is 3.37. The van der Waals surface area contributed by atoms with Gasteiger partial charge in [0.25, 0.3) is 0 Å². The Morgan fingerprint density at radius 1 is 0.840 bits per heavy atom. The van der Waals surface area contributed by atoms with Crippen molar-refractivity contribution in [3.8, 4) is 0 Å². The Morgan fingerprint density at radius 2 is 1.36 bits per heavy atom. The van der Waals surface area contributed by atoms with Crippen molar-refractivity contribution >= 4 is 23.2 Å². The number of nitrogens with zero attached hydrogens (tertiary/aromatic N) is 4. The Balaban J connectivity index is 1.41. The summed E-state index contributed by atoms with van der Waals surface area (Å²) in [6.07, 6.45) is -1.80. The summed E-state index contributed by atoms with van der Waals surface area (Å²) in [6, 6.07) is 6.30. The van der Waals surface area contributed by atoms with Crippen LogP contribution in [0.1, 0.15) is 5.56 Å². The molecule has 2 unspecified atom stereocenters. The lowest BCUT2D eigenvalue weighted by molar-refractivity contribution is -0.137. The first-order chi connectivity index (χ1) is 11.9. The third-order valence-corrected chi connectivity index (χ3v) is 5.14. The second-order valence-electron chi connectivity index (χ2n) is 6.57. The third-order valence-electron chi connectivity index (χ3n) is 4.92. The molecule has 4 rings (SSSR count). The standard InChI is InChI=1S/C17H16ClF3N4/c18-14-2-4-16(23-6-14)25-9-11-7-24(8-12(11)10-25)15-3-1-13(5-22-15)17(19,20)21/h1-6,11-12H,7-10H2. The molecule has 0 amide bonds. The number of anilines is 2. The average molecular weight is 369 g/mol. The van der Waals surface area contributed by atoms with E-state index in [2.05, 4.69) is 19.8 Å². The summed E-state index contributed by atoms with van der Waals surface area (Å²) in [4.78, 5) is 12.7.